The molecule has 0 aliphatic rings. The van der Waals surface area contributed by atoms with Crippen LogP contribution in [0.4, 0.5) is 0 Å². The quantitative estimate of drug-likeness (QED) is 0.150. The van der Waals surface area contributed by atoms with Gasteiger partial charge in [0.05, 0.1) is 16.9 Å². The molecule has 0 aliphatic carbocycles. The number of para-hydroxylation sites is 2. The fourth-order valence-electron chi connectivity index (χ4n) is 6.62. The van der Waals surface area contributed by atoms with Crippen LogP contribution in [0.2, 0.25) is 0 Å². The van der Waals surface area contributed by atoms with Crippen molar-refractivity contribution in [3.63, 3.8) is 0 Å². The molecule has 6 heteroatoms. The molecular weight excluding hydrogens is 817 g/mol. The van der Waals surface area contributed by atoms with Crippen LogP contribution >= 0.6 is 0 Å². The van der Waals surface area contributed by atoms with Gasteiger partial charge in [0.2, 0.25) is 0 Å². The fourth-order valence-corrected chi connectivity index (χ4v) is 6.62. The van der Waals surface area contributed by atoms with Crippen molar-refractivity contribution in [3.05, 3.63) is 162 Å². The summed E-state index contributed by atoms with van der Waals surface area (Å²) in [5.74, 6) is 1.73. The minimum atomic E-state index is -2.09. The number of aromatic nitrogens is 4. The first-order chi connectivity index (χ1) is 26.0. The van der Waals surface area contributed by atoms with Crippen LogP contribution in [0.15, 0.2) is 126 Å². The van der Waals surface area contributed by atoms with E-state index in [-0.39, 0.29) is 25.7 Å². The zero-order valence-corrected chi connectivity index (χ0v) is 32.3. The number of benzene rings is 4. The van der Waals surface area contributed by atoms with Gasteiger partial charge in [0.1, 0.15) is 0 Å². The van der Waals surface area contributed by atoms with E-state index in [0.717, 1.165) is 68.0 Å². The Labute approximate surface area is 324 Å². The molecular formula is C46H42IrN4O-2. The predicted octanol–water partition coefficient (Wildman–Crippen LogP) is 11.8. The number of hydrogen-bond donors (Lipinski definition) is 0. The molecule has 1 radical (unpaired) electrons. The molecule has 0 saturated heterocycles. The van der Waals surface area contributed by atoms with Gasteiger partial charge in [-0.1, -0.05) is 99.3 Å². The Morgan fingerprint density at radius 3 is 2.27 bits per heavy atom. The molecule has 4 heterocycles. The van der Waals surface area contributed by atoms with E-state index in [1.807, 2.05) is 49.5 Å². The van der Waals surface area contributed by atoms with E-state index in [2.05, 4.69) is 109 Å². The van der Waals surface area contributed by atoms with E-state index in [1.165, 1.54) is 22.9 Å². The molecule has 52 heavy (non-hydrogen) atoms. The Bertz CT molecular complexity index is 2510. The smallest absolute Gasteiger partial charge is 0.0770 e. The van der Waals surface area contributed by atoms with Crippen molar-refractivity contribution in [1.29, 1.82) is 0 Å². The molecule has 0 amide bonds. The summed E-state index contributed by atoms with van der Waals surface area (Å²) in [4.78, 5) is 13.6. The molecule has 0 aliphatic heterocycles. The number of fused-ring (bicyclic) bond motifs is 2. The van der Waals surface area contributed by atoms with Gasteiger partial charge in [0.25, 0.3) is 0 Å². The summed E-state index contributed by atoms with van der Waals surface area (Å²) in [7, 11) is 0. The van der Waals surface area contributed by atoms with Crippen LogP contribution in [0.25, 0.3) is 55.8 Å². The van der Waals surface area contributed by atoms with Crippen LogP contribution in [-0.2, 0) is 26.7 Å². The first-order valence-electron chi connectivity index (χ1n) is 18.9. The van der Waals surface area contributed by atoms with Gasteiger partial charge in [0, 0.05) is 60.7 Å². The molecule has 8 rings (SSSR count). The van der Waals surface area contributed by atoms with Gasteiger partial charge in [-0.3, -0.25) is 9.97 Å². The van der Waals surface area contributed by atoms with Crippen LogP contribution in [-0.4, -0.2) is 19.5 Å². The van der Waals surface area contributed by atoms with Crippen molar-refractivity contribution in [1.82, 2.24) is 19.5 Å². The molecule has 0 unspecified atom stereocenters. The Balaban J connectivity index is 0.000000254. The number of furan rings is 1. The first-order valence-corrected chi connectivity index (χ1v) is 17.4. The Kier molecular flexibility index (Phi) is 10.1. The normalized spacial score (nSPS) is 12.2. The van der Waals surface area contributed by atoms with Gasteiger partial charge in [-0.25, -0.2) is 0 Å². The number of rotatable bonds is 7. The second-order valence-corrected chi connectivity index (χ2v) is 13.4. The number of hydrogen-bond acceptors (Lipinski definition) is 4. The van der Waals surface area contributed by atoms with E-state index in [1.54, 1.807) is 18.2 Å². The monoisotopic (exact) mass is 862 g/mol. The average molecular weight is 862 g/mol. The molecule has 0 fully saturated rings. The second-order valence-electron chi connectivity index (χ2n) is 13.4. The van der Waals surface area contributed by atoms with Crippen LogP contribution in [0.1, 0.15) is 71.6 Å². The molecule has 8 aromatic rings. The molecule has 0 spiro atoms. The largest absolute Gasteiger partial charge is 0.557 e. The summed E-state index contributed by atoms with van der Waals surface area (Å²) in [6, 6.07) is 39.3. The van der Waals surface area contributed by atoms with Crippen molar-refractivity contribution in [3.8, 4) is 33.8 Å². The Morgan fingerprint density at radius 1 is 0.808 bits per heavy atom. The minimum absolute atomic E-state index is 0. The number of pyridine rings is 2. The van der Waals surface area contributed by atoms with Gasteiger partial charge in [0.15, 0.2) is 0 Å². The molecule has 263 valence electrons. The fraction of sp³-hybridized carbons (Fsp3) is 0.196. The van der Waals surface area contributed by atoms with Gasteiger partial charge >= 0.3 is 0 Å². The van der Waals surface area contributed by atoms with E-state index >= 15 is 0 Å². The maximum Gasteiger partial charge on any atom is 0.0770 e. The number of aryl methyl sites for hydroxylation is 2. The molecule has 4 aromatic carbocycles. The minimum Gasteiger partial charge on any atom is -0.557 e. The van der Waals surface area contributed by atoms with Gasteiger partial charge in [-0.05, 0) is 89.0 Å². The molecule has 0 atom stereocenters. The standard InChI is InChI=1S/C34H32N3O.C12H10N.Ir/c1-21(2)26-9-8-10-27(22(3)4)29(26)19-37-32-12-7-6-11-31(32)36-34(37)30-20-38-33-14-13-24(18-28(30)33)25-15-16-35-23(5)17-25;1-10-7-8-12(13-9-10)11-5-3-2-4-6-11;/h6-18,21-22H,19H2,1-5H3;2-5,7-9H,1H3;/q2*-1;/i;1D3;. The third-order valence-corrected chi connectivity index (χ3v) is 9.18. The maximum absolute atomic E-state index is 7.23. The van der Waals surface area contributed by atoms with E-state index in [4.69, 9.17) is 13.5 Å². The Hall–Kier alpha value is -5.16. The second kappa shape index (κ2) is 16.0. The van der Waals surface area contributed by atoms with E-state index in [9.17, 15) is 0 Å². The van der Waals surface area contributed by atoms with Crippen molar-refractivity contribution in [2.75, 3.05) is 0 Å². The molecule has 4 aromatic heterocycles. The molecule has 0 bridgehead atoms. The average Bonchev–Trinajstić information content (AvgIpc) is 3.76. The molecule has 0 N–H and O–H groups in total. The topological polar surface area (TPSA) is 56.7 Å². The summed E-state index contributed by atoms with van der Waals surface area (Å²) in [6.45, 7) is 9.76. The Morgan fingerprint density at radius 2 is 1.58 bits per heavy atom. The SMILES string of the molecule is Cc1cc(-c2ccc3o[c-]c(-c4nc5ccccc5n4Cc4c(C(C)C)cccc4C(C)C)c3c2)ccn1.[2H]C([2H])([2H])c1ccc(-c2[c-]cccc2)nc1.[Ir]. The van der Waals surface area contributed by atoms with Crippen molar-refractivity contribution in [2.45, 2.75) is 59.9 Å². The van der Waals surface area contributed by atoms with Crippen molar-refractivity contribution < 1.29 is 28.6 Å². The molecule has 0 saturated carbocycles. The number of nitrogens with zero attached hydrogens (tertiary/aromatic N) is 4. The predicted molar refractivity (Wildman–Crippen MR) is 209 cm³/mol. The van der Waals surface area contributed by atoms with E-state index < -0.39 is 6.85 Å². The van der Waals surface area contributed by atoms with Crippen LogP contribution in [0.5, 0.6) is 0 Å². The zero-order chi connectivity index (χ0) is 38.0. The summed E-state index contributed by atoms with van der Waals surface area (Å²) < 4.78 is 30.0. The summed E-state index contributed by atoms with van der Waals surface area (Å²) in [6.07, 6.45) is 6.46. The van der Waals surface area contributed by atoms with Gasteiger partial charge in [-0.2, -0.15) is 0 Å². The van der Waals surface area contributed by atoms with Crippen LogP contribution < -0.4 is 0 Å². The third-order valence-electron chi connectivity index (χ3n) is 9.18. The summed E-state index contributed by atoms with van der Waals surface area (Å²) in [5, 5.41) is 1.01. The summed E-state index contributed by atoms with van der Waals surface area (Å²) >= 11 is 0. The van der Waals surface area contributed by atoms with Gasteiger partial charge in [-0.15, -0.1) is 35.9 Å². The third kappa shape index (κ3) is 7.69. The summed E-state index contributed by atoms with van der Waals surface area (Å²) in [5.41, 5.74) is 13.0. The van der Waals surface area contributed by atoms with E-state index in [0.29, 0.717) is 11.8 Å². The maximum atomic E-state index is 7.23. The zero-order valence-electron chi connectivity index (χ0n) is 32.9. The first kappa shape index (κ1) is 32.7. The van der Waals surface area contributed by atoms with Crippen LogP contribution in [0, 0.1) is 26.1 Å². The van der Waals surface area contributed by atoms with Crippen LogP contribution in [0.3, 0.4) is 0 Å². The van der Waals surface area contributed by atoms with Gasteiger partial charge < -0.3 is 14.0 Å². The molecule has 5 nitrogen and oxygen atoms in total. The van der Waals surface area contributed by atoms with Crippen molar-refractivity contribution in [2.24, 2.45) is 0 Å². The number of imidazole rings is 1. The van der Waals surface area contributed by atoms with Crippen molar-refractivity contribution >= 4 is 22.0 Å².